The van der Waals surface area contributed by atoms with Gasteiger partial charge in [-0.2, -0.15) is 0 Å². The van der Waals surface area contributed by atoms with Gasteiger partial charge in [0.05, 0.1) is 15.4 Å². The van der Waals surface area contributed by atoms with E-state index in [0.717, 1.165) is 4.88 Å². The first-order valence-corrected chi connectivity index (χ1v) is 7.85. The summed E-state index contributed by atoms with van der Waals surface area (Å²) in [4.78, 5) is 23.5. The molecule has 0 unspecified atom stereocenters. The van der Waals surface area contributed by atoms with Crippen LogP contribution < -0.4 is 0 Å². The Bertz CT molecular complexity index is 886. The number of rotatable bonds is 5. The van der Waals surface area contributed by atoms with Crippen LogP contribution in [0.15, 0.2) is 46.3 Å². The number of nitrogens with zero attached hydrogens (tertiary/aromatic N) is 2. The van der Waals surface area contributed by atoms with E-state index in [9.17, 15) is 14.9 Å². The molecule has 24 heavy (non-hydrogen) atoms. The lowest BCUT2D eigenvalue weighted by molar-refractivity contribution is -0.385. The smallest absolute Gasteiger partial charge is 0.339 e. The van der Waals surface area contributed by atoms with E-state index in [1.165, 1.54) is 36.5 Å². The van der Waals surface area contributed by atoms with Crippen LogP contribution >= 0.6 is 11.3 Å². The summed E-state index contributed by atoms with van der Waals surface area (Å²) in [6.07, 6.45) is 0. The van der Waals surface area contributed by atoms with Crippen LogP contribution in [0.1, 0.15) is 21.6 Å². The van der Waals surface area contributed by atoms with Crippen molar-refractivity contribution in [3.05, 3.63) is 68.7 Å². The molecule has 8 heteroatoms. The van der Waals surface area contributed by atoms with Crippen LogP contribution in [-0.2, 0) is 11.3 Å². The van der Waals surface area contributed by atoms with Gasteiger partial charge in [-0.25, -0.2) is 4.79 Å². The summed E-state index contributed by atoms with van der Waals surface area (Å²) in [6, 6.07) is 9.77. The number of ether oxygens (including phenoxy) is 1. The van der Waals surface area contributed by atoms with Crippen LogP contribution in [-0.4, -0.2) is 16.0 Å². The number of benzene rings is 1. The van der Waals surface area contributed by atoms with Gasteiger partial charge in [-0.05, 0) is 24.4 Å². The molecule has 122 valence electrons. The van der Waals surface area contributed by atoms with E-state index in [0.29, 0.717) is 11.5 Å². The number of esters is 1. The van der Waals surface area contributed by atoms with E-state index < -0.39 is 10.9 Å². The molecule has 7 nitrogen and oxygen atoms in total. The lowest BCUT2D eigenvalue weighted by Crippen LogP contribution is -2.08. The van der Waals surface area contributed by atoms with Crippen molar-refractivity contribution in [2.75, 3.05) is 0 Å². The molecule has 3 aromatic rings. The second-order valence-corrected chi connectivity index (χ2v) is 5.89. The molecular weight excluding hydrogens is 332 g/mol. The minimum atomic E-state index is -0.642. The third-order valence-corrected chi connectivity index (χ3v) is 4.28. The molecule has 2 heterocycles. The molecule has 0 atom stereocenters. The molecule has 3 rings (SSSR count). The van der Waals surface area contributed by atoms with Crippen LogP contribution in [0.25, 0.3) is 10.6 Å². The summed E-state index contributed by atoms with van der Waals surface area (Å²) in [5, 5.41) is 16.7. The predicted molar refractivity (Wildman–Crippen MR) is 86.8 cm³/mol. The third kappa shape index (κ3) is 3.18. The minimum absolute atomic E-state index is 0.0736. The highest BCUT2D eigenvalue weighted by Gasteiger charge is 2.19. The zero-order valence-electron chi connectivity index (χ0n) is 12.6. The van der Waals surface area contributed by atoms with Crippen LogP contribution in [0, 0.1) is 17.0 Å². The van der Waals surface area contributed by atoms with E-state index in [2.05, 4.69) is 5.16 Å². The molecular formula is C16H12N2O5S. The van der Waals surface area contributed by atoms with Crippen LogP contribution in [0.2, 0.25) is 0 Å². The Labute approximate surface area is 140 Å². The van der Waals surface area contributed by atoms with Crippen molar-refractivity contribution < 1.29 is 19.0 Å². The van der Waals surface area contributed by atoms with Crippen molar-refractivity contribution in [2.45, 2.75) is 13.5 Å². The molecule has 1 aromatic carbocycles. The largest absolute Gasteiger partial charge is 0.455 e. The highest BCUT2D eigenvalue weighted by molar-refractivity contribution is 7.13. The number of nitro benzene ring substituents is 1. The monoisotopic (exact) mass is 344 g/mol. The Hall–Kier alpha value is -3.00. The highest BCUT2D eigenvalue weighted by atomic mass is 32.1. The van der Waals surface area contributed by atoms with Gasteiger partial charge in [0, 0.05) is 17.7 Å². The zero-order chi connectivity index (χ0) is 17.1. The van der Waals surface area contributed by atoms with Crippen molar-refractivity contribution in [2.24, 2.45) is 0 Å². The number of carbonyl (C=O) groups excluding carboxylic acids is 1. The first kappa shape index (κ1) is 15.9. The van der Waals surface area contributed by atoms with E-state index in [4.69, 9.17) is 9.26 Å². The number of aromatic nitrogens is 1. The molecule has 0 amide bonds. The molecule has 0 saturated carbocycles. The first-order valence-electron chi connectivity index (χ1n) is 6.97. The fraction of sp³-hybridized carbons (Fsp3) is 0.125. The van der Waals surface area contributed by atoms with Crippen molar-refractivity contribution in [3.63, 3.8) is 0 Å². The Morgan fingerprint density at radius 2 is 2.21 bits per heavy atom. The van der Waals surface area contributed by atoms with E-state index in [1.807, 2.05) is 17.5 Å². The molecule has 0 aliphatic carbocycles. The van der Waals surface area contributed by atoms with Crippen LogP contribution in [0.5, 0.6) is 0 Å². The standard InChI is InChI=1S/C16H12N2O5S/c1-10-12(4-2-5-13(10)18(20)21)16(19)22-9-11-8-14(23-17-11)15-6-3-7-24-15/h2-8H,9H2,1H3. The Balaban J connectivity index is 1.70. The normalized spacial score (nSPS) is 10.5. The second kappa shape index (κ2) is 6.63. The molecule has 0 saturated heterocycles. The van der Waals surface area contributed by atoms with Gasteiger partial charge < -0.3 is 9.26 Å². The fourth-order valence-corrected chi connectivity index (χ4v) is 2.85. The topological polar surface area (TPSA) is 95.5 Å². The van der Waals surface area contributed by atoms with Crippen molar-refractivity contribution in [3.8, 4) is 10.6 Å². The molecule has 0 N–H and O–H groups in total. The van der Waals surface area contributed by atoms with Gasteiger partial charge >= 0.3 is 5.97 Å². The van der Waals surface area contributed by atoms with Gasteiger partial charge in [-0.1, -0.05) is 17.3 Å². The molecule has 0 radical (unpaired) electrons. The van der Waals surface area contributed by atoms with Gasteiger partial charge in [0.1, 0.15) is 12.3 Å². The first-order chi connectivity index (χ1) is 11.6. The second-order valence-electron chi connectivity index (χ2n) is 4.94. The SMILES string of the molecule is Cc1c(C(=O)OCc2cc(-c3cccs3)on2)cccc1[N+](=O)[O-]. The van der Waals surface area contributed by atoms with Crippen molar-refractivity contribution >= 4 is 23.0 Å². The van der Waals surface area contributed by atoms with E-state index >= 15 is 0 Å². The molecule has 0 aliphatic heterocycles. The zero-order valence-corrected chi connectivity index (χ0v) is 13.4. The number of hydrogen-bond acceptors (Lipinski definition) is 7. The Kier molecular flexibility index (Phi) is 4.39. The predicted octanol–water partition coefficient (Wildman–Crippen LogP) is 3.98. The quantitative estimate of drug-likeness (QED) is 0.395. The van der Waals surface area contributed by atoms with E-state index in [1.54, 1.807) is 6.07 Å². The van der Waals surface area contributed by atoms with Gasteiger partial charge in [-0.15, -0.1) is 11.3 Å². The summed E-state index contributed by atoms with van der Waals surface area (Å²) >= 11 is 1.51. The molecule has 2 aromatic heterocycles. The van der Waals surface area contributed by atoms with Crippen molar-refractivity contribution in [1.82, 2.24) is 5.16 Å². The third-order valence-electron chi connectivity index (χ3n) is 3.40. The van der Waals surface area contributed by atoms with E-state index in [-0.39, 0.29) is 23.4 Å². The maximum Gasteiger partial charge on any atom is 0.339 e. The Morgan fingerprint density at radius 3 is 2.92 bits per heavy atom. The molecule has 0 spiro atoms. The fourth-order valence-electron chi connectivity index (χ4n) is 2.17. The van der Waals surface area contributed by atoms with Crippen LogP contribution in [0.3, 0.4) is 0 Å². The maximum absolute atomic E-state index is 12.1. The van der Waals surface area contributed by atoms with Gasteiger partial charge in [0.25, 0.3) is 5.69 Å². The summed E-state index contributed by atoms with van der Waals surface area (Å²) < 4.78 is 10.4. The van der Waals surface area contributed by atoms with Gasteiger partial charge in [-0.3, -0.25) is 10.1 Å². The maximum atomic E-state index is 12.1. The summed E-state index contributed by atoms with van der Waals surface area (Å²) in [7, 11) is 0. The number of carbonyl (C=O) groups is 1. The highest BCUT2D eigenvalue weighted by Crippen LogP contribution is 2.26. The number of nitro groups is 1. The van der Waals surface area contributed by atoms with Crippen molar-refractivity contribution in [1.29, 1.82) is 0 Å². The van der Waals surface area contributed by atoms with Gasteiger partial charge in [0.2, 0.25) is 0 Å². The summed E-state index contributed by atoms with van der Waals surface area (Å²) in [5.41, 5.74) is 0.777. The lowest BCUT2D eigenvalue weighted by atomic mass is 10.1. The van der Waals surface area contributed by atoms with Crippen LogP contribution in [0.4, 0.5) is 5.69 Å². The molecule has 0 fully saturated rings. The molecule has 0 aliphatic rings. The average molecular weight is 344 g/mol. The average Bonchev–Trinajstić information content (AvgIpc) is 3.23. The number of hydrogen-bond donors (Lipinski definition) is 0. The summed E-state index contributed by atoms with van der Waals surface area (Å²) in [5.74, 6) is -0.0422. The molecule has 0 bridgehead atoms. The number of thiophene rings is 1. The van der Waals surface area contributed by atoms with Gasteiger partial charge in [0.15, 0.2) is 5.76 Å². The lowest BCUT2D eigenvalue weighted by Gasteiger charge is -2.05. The Morgan fingerprint density at radius 1 is 1.38 bits per heavy atom. The minimum Gasteiger partial charge on any atom is -0.455 e. The summed E-state index contributed by atoms with van der Waals surface area (Å²) in [6.45, 7) is 1.44.